The van der Waals surface area contributed by atoms with E-state index in [1.165, 1.54) is 0 Å². The van der Waals surface area contributed by atoms with Crippen LogP contribution in [0.5, 0.6) is 0 Å². The molecule has 1 aliphatic heterocycles. The molecule has 0 aromatic carbocycles. The van der Waals surface area contributed by atoms with Crippen molar-refractivity contribution in [2.45, 2.75) is 39.0 Å². The fraction of sp³-hybridized carbons (Fsp3) is 0.636. The third-order valence-electron chi connectivity index (χ3n) is 2.20. The second kappa shape index (κ2) is 6.73. The molecule has 0 unspecified atom stereocenters. The highest BCUT2D eigenvalue weighted by Gasteiger charge is 2.32. The van der Waals surface area contributed by atoms with Crippen molar-refractivity contribution in [1.82, 2.24) is 5.06 Å². The maximum Gasteiger partial charge on any atom is 0.333 e. The van der Waals surface area contributed by atoms with Crippen LogP contribution in [-0.2, 0) is 28.8 Å². The fourth-order valence-corrected chi connectivity index (χ4v) is 1.30. The summed E-state index contributed by atoms with van der Waals surface area (Å²) in [5.74, 6) is -2.39. The summed E-state index contributed by atoms with van der Waals surface area (Å²) < 4.78 is 4.76. The average Bonchev–Trinajstić information content (AvgIpc) is 2.65. The monoisotopic (exact) mass is 257 g/mol. The Morgan fingerprint density at radius 3 is 2.22 bits per heavy atom. The summed E-state index contributed by atoms with van der Waals surface area (Å²) in [6, 6.07) is 0. The summed E-state index contributed by atoms with van der Waals surface area (Å²) in [4.78, 5) is 49.2. The van der Waals surface area contributed by atoms with Crippen molar-refractivity contribution in [3.8, 4) is 0 Å². The lowest BCUT2D eigenvalue weighted by atomic mass is 10.3. The van der Waals surface area contributed by atoms with Gasteiger partial charge in [0.2, 0.25) is 0 Å². The minimum absolute atomic E-state index is 0.0463. The van der Waals surface area contributed by atoms with Gasteiger partial charge in [0.1, 0.15) is 0 Å². The van der Waals surface area contributed by atoms with E-state index in [0.717, 1.165) is 0 Å². The van der Waals surface area contributed by atoms with Crippen LogP contribution in [0.15, 0.2) is 0 Å². The Labute approximate surface area is 104 Å². The van der Waals surface area contributed by atoms with Crippen molar-refractivity contribution >= 4 is 23.8 Å². The molecule has 2 amide bonds. The van der Waals surface area contributed by atoms with E-state index >= 15 is 0 Å². The van der Waals surface area contributed by atoms with Crippen LogP contribution in [0.25, 0.3) is 0 Å². The number of carbonyl (C=O) groups is 4. The van der Waals surface area contributed by atoms with Gasteiger partial charge in [0.25, 0.3) is 11.8 Å². The molecule has 0 N–H and O–H groups in total. The largest absolute Gasteiger partial charge is 0.466 e. The summed E-state index contributed by atoms with van der Waals surface area (Å²) in [7, 11) is 0. The molecule has 0 aromatic rings. The van der Waals surface area contributed by atoms with Crippen LogP contribution in [0, 0.1) is 0 Å². The van der Waals surface area contributed by atoms with E-state index in [2.05, 4.69) is 4.84 Å². The van der Waals surface area contributed by atoms with E-state index in [-0.39, 0.29) is 25.7 Å². The Morgan fingerprint density at radius 2 is 1.67 bits per heavy atom. The van der Waals surface area contributed by atoms with E-state index in [1.54, 1.807) is 0 Å². The molecule has 7 heteroatoms. The number of nitrogens with zero attached hydrogens (tertiary/aromatic N) is 1. The van der Waals surface area contributed by atoms with Gasteiger partial charge in [-0.25, -0.2) is 4.79 Å². The van der Waals surface area contributed by atoms with Gasteiger partial charge in [-0.3, -0.25) is 14.4 Å². The van der Waals surface area contributed by atoms with Crippen molar-refractivity contribution in [3.63, 3.8) is 0 Å². The van der Waals surface area contributed by atoms with Gasteiger partial charge in [-0.1, -0.05) is 6.92 Å². The highest BCUT2D eigenvalue weighted by Crippen LogP contribution is 2.12. The topological polar surface area (TPSA) is 90.0 Å². The molecule has 0 saturated carbocycles. The fourth-order valence-electron chi connectivity index (χ4n) is 1.30. The van der Waals surface area contributed by atoms with Crippen molar-refractivity contribution in [2.24, 2.45) is 0 Å². The molecule has 0 aromatic heterocycles. The predicted molar refractivity (Wildman–Crippen MR) is 57.7 cm³/mol. The number of imide groups is 1. The third kappa shape index (κ3) is 4.15. The summed E-state index contributed by atoms with van der Waals surface area (Å²) in [5, 5.41) is 0.458. The molecular weight excluding hydrogens is 242 g/mol. The van der Waals surface area contributed by atoms with Gasteiger partial charge >= 0.3 is 11.9 Å². The van der Waals surface area contributed by atoms with Crippen molar-refractivity contribution in [1.29, 1.82) is 0 Å². The van der Waals surface area contributed by atoms with Crippen LogP contribution < -0.4 is 0 Å². The maximum absolute atomic E-state index is 11.3. The highest BCUT2D eigenvalue weighted by molar-refractivity contribution is 6.01. The predicted octanol–water partition coefficient (Wildman–Crippen LogP) is 0.327. The minimum atomic E-state index is -0.799. The van der Waals surface area contributed by atoms with Gasteiger partial charge in [-0.15, -0.1) is 5.06 Å². The zero-order valence-corrected chi connectivity index (χ0v) is 10.1. The Kier molecular flexibility index (Phi) is 5.29. The molecule has 7 nitrogen and oxygen atoms in total. The molecule has 1 saturated heterocycles. The summed E-state index contributed by atoms with van der Waals surface area (Å²) in [6.07, 6.45) is 0.441. The van der Waals surface area contributed by atoms with Crippen molar-refractivity contribution in [3.05, 3.63) is 0 Å². The standard InChI is InChI=1S/C11H15NO6/c1-2-7-17-10(15)5-6-11(16)18-12-8(13)3-4-9(12)14/h2-7H2,1H3. The highest BCUT2D eigenvalue weighted by atomic mass is 16.7. The maximum atomic E-state index is 11.3. The average molecular weight is 257 g/mol. The van der Waals surface area contributed by atoms with Gasteiger partial charge in [-0.05, 0) is 6.42 Å². The number of amides is 2. The summed E-state index contributed by atoms with van der Waals surface area (Å²) in [5.41, 5.74) is 0. The van der Waals surface area contributed by atoms with Crippen LogP contribution in [-0.4, -0.2) is 35.4 Å². The van der Waals surface area contributed by atoms with Gasteiger partial charge in [-0.2, -0.15) is 0 Å². The molecule has 0 atom stereocenters. The quantitative estimate of drug-likeness (QED) is 0.503. The first-order valence-corrected chi connectivity index (χ1v) is 5.76. The molecule has 0 aliphatic carbocycles. The first-order chi connectivity index (χ1) is 8.54. The molecule has 18 heavy (non-hydrogen) atoms. The van der Waals surface area contributed by atoms with E-state index in [0.29, 0.717) is 18.1 Å². The lowest BCUT2D eigenvalue weighted by Crippen LogP contribution is -2.32. The van der Waals surface area contributed by atoms with Crippen LogP contribution in [0.1, 0.15) is 39.0 Å². The second-order valence-corrected chi connectivity index (χ2v) is 3.77. The Hall–Kier alpha value is -1.92. The van der Waals surface area contributed by atoms with Crippen LogP contribution in [0.4, 0.5) is 0 Å². The SMILES string of the molecule is CCCOC(=O)CCC(=O)ON1C(=O)CCC1=O. The normalized spacial score (nSPS) is 14.8. The molecule has 1 heterocycles. The lowest BCUT2D eigenvalue weighted by molar-refractivity contribution is -0.197. The number of hydrogen-bond acceptors (Lipinski definition) is 6. The lowest BCUT2D eigenvalue weighted by Gasteiger charge is -2.12. The van der Waals surface area contributed by atoms with E-state index in [1.807, 2.05) is 6.92 Å². The van der Waals surface area contributed by atoms with Crippen LogP contribution in [0.2, 0.25) is 0 Å². The van der Waals surface area contributed by atoms with Crippen molar-refractivity contribution in [2.75, 3.05) is 6.61 Å². The van der Waals surface area contributed by atoms with Gasteiger partial charge < -0.3 is 9.57 Å². The third-order valence-corrected chi connectivity index (χ3v) is 2.20. The number of hydrogen-bond donors (Lipinski definition) is 0. The molecule has 100 valence electrons. The smallest absolute Gasteiger partial charge is 0.333 e. The zero-order chi connectivity index (χ0) is 13.5. The molecule has 1 rings (SSSR count). The molecule has 0 radical (unpaired) electrons. The Bertz CT molecular complexity index is 349. The number of rotatable bonds is 6. The van der Waals surface area contributed by atoms with Gasteiger partial charge in [0.05, 0.1) is 19.4 Å². The van der Waals surface area contributed by atoms with Gasteiger partial charge in [0.15, 0.2) is 0 Å². The Balaban J connectivity index is 2.27. The Morgan fingerprint density at radius 1 is 1.11 bits per heavy atom. The summed E-state index contributed by atoms with van der Waals surface area (Å²) in [6.45, 7) is 2.16. The minimum Gasteiger partial charge on any atom is -0.466 e. The number of carbonyl (C=O) groups excluding carboxylic acids is 4. The molecular formula is C11H15NO6. The van der Waals surface area contributed by atoms with Crippen LogP contribution >= 0.6 is 0 Å². The zero-order valence-electron chi connectivity index (χ0n) is 10.1. The van der Waals surface area contributed by atoms with Crippen LogP contribution in [0.3, 0.4) is 0 Å². The number of ether oxygens (including phenoxy) is 1. The summed E-state index contributed by atoms with van der Waals surface area (Å²) >= 11 is 0. The van der Waals surface area contributed by atoms with E-state index in [4.69, 9.17) is 4.74 Å². The number of hydroxylamine groups is 2. The molecule has 1 fully saturated rings. The van der Waals surface area contributed by atoms with Gasteiger partial charge in [0, 0.05) is 12.8 Å². The first-order valence-electron chi connectivity index (χ1n) is 5.76. The van der Waals surface area contributed by atoms with E-state index < -0.39 is 23.8 Å². The molecule has 0 bridgehead atoms. The molecule has 1 aliphatic rings. The van der Waals surface area contributed by atoms with Crippen molar-refractivity contribution < 1.29 is 28.8 Å². The molecule has 0 spiro atoms. The van der Waals surface area contributed by atoms with E-state index in [9.17, 15) is 19.2 Å². The first kappa shape index (κ1) is 14.1. The number of esters is 1. The second-order valence-electron chi connectivity index (χ2n) is 3.77.